The van der Waals surface area contributed by atoms with Crippen molar-refractivity contribution in [1.82, 2.24) is 10.2 Å². The van der Waals surface area contributed by atoms with Crippen LogP contribution in [0.4, 0.5) is 0 Å². The van der Waals surface area contributed by atoms with Crippen molar-refractivity contribution in [3.05, 3.63) is 33.8 Å². The maximum absolute atomic E-state index is 5.89. The highest BCUT2D eigenvalue weighted by molar-refractivity contribution is 6.34. The lowest BCUT2D eigenvalue weighted by molar-refractivity contribution is 0.400. The first-order valence-corrected chi connectivity index (χ1v) is 5.64. The molecule has 0 aliphatic heterocycles. The highest BCUT2D eigenvalue weighted by atomic mass is 35.5. The third kappa shape index (κ3) is 5.38. The van der Waals surface area contributed by atoms with Crippen molar-refractivity contribution in [3.63, 3.8) is 0 Å². The normalized spacial score (nSPS) is 11.0. The second-order valence-electron chi connectivity index (χ2n) is 3.76. The molecule has 0 aromatic heterocycles. The summed E-state index contributed by atoms with van der Waals surface area (Å²) in [4.78, 5) is 2.14. The molecule has 0 spiro atoms. The molecule has 2 nitrogen and oxygen atoms in total. The highest BCUT2D eigenvalue weighted by Gasteiger charge is 1.98. The fraction of sp³-hybridized carbons (Fsp3) is 0.455. The molecule has 0 amide bonds. The van der Waals surface area contributed by atoms with Gasteiger partial charge >= 0.3 is 0 Å². The standard InChI is InChI=1S/C11H16Cl2N2/c1-15(2)4-3-14-8-9-5-10(12)7-11(13)6-9/h5-7,14H,3-4,8H2,1-2H3. The summed E-state index contributed by atoms with van der Waals surface area (Å²) in [5, 5.41) is 4.70. The monoisotopic (exact) mass is 246 g/mol. The predicted octanol–water partition coefficient (Wildman–Crippen LogP) is 2.64. The van der Waals surface area contributed by atoms with E-state index in [2.05, 4.69) is 24.3 Å². The largest absolute Gasteiger partial charge is 0.311 e. The van der Waals surface area contributed by atoms with Gasteiger partial charge in [-0.1, -0.05) is 23.2 Å². The van der Waals surface area contributed by atoms with Crippen molar-refractivity contribution in [3.8, 4) is 0 Å². The number of halogens is 2. The summed E-state index contributed by atoms with van der Waals surface area (Å²) < 4.78 is 0. The van der Waals surface area contributed by atoms with Crippen LogP contribution < -0.4 is 5.32 Å². The summed E-state index contributed by atoms with van der Waals surface area (Å²) >= 11 is 11.8. The van der Waals surface area contributed by atoms with Crippen LogP contribution in [0.2, 0.25) is 10.0 Å². The second kappa shape index (κ2) is 6.33. The Hall–Kier alpha value is -0.280. The van der Waals surface area contributed by atoms with Crippen LogP contribution in [0, 0.1) is 0 Å². The molecule has 1 N–H and O–H groups in total. The number of likely N-dealkylation sites (N-methyl/N-ethyl adjacent to an activating group) is 1. The molecule has 1 aromatic rings. The maximum atomic E-state index is 5.89. The van der Waals surface area contributed by atoms with Crippen molar-refractivity contribution in [2.45, 2.75) is 6.54 Å². The highest BCUT2D eigenvalue weighted by Crippen LogP contribution is 2.18. The Labute approximate surface area is 101 Å². The summed E-state index contributed by atoms with van der Waals surface area (Å²) in [5.41, 5.74) is 1.12. The van der Waals surface area contributed by atoms with Crippen LogP contribution in [0.3, 0.4) is 0 Å². The average molecular weight is 247 g/mol. The number of rotatable bonds is 5. The van der Waals surface area contributed by atoms with E-state index in [1.165, 1.54) is 0 Å². The van der Waals surface area contributed by atoms with E-state index in [0.717, 1.165) is 25.2 Å². The first-order chi connectivity index (χ1) is 7.08. The van der Waals surface area contributed by atoms with E-state index in [1.807, 2.05) is 12.1 Å². The van der Waals surface area contributed by atoms with Crippen molar-refractivity contribution >= 4 is 23.2 Å². The summed E-state index contributed by atoms with van der Waals surface area (Å²) in [7, 11) is 4.11. The van der Waals surface area contributed by atoms with Crippen molar-refractivity contribution < 1.29 is 0 Å². The molecule has 0 radical (unpaired) electrons. The Morgan fingerprint density at radius 2 is 1.73 bits per heavy atom. The SMILES string of the molecule is CN(C)CCNCc1cc(Cl)cc(Cl)c1. The Bertz CT molecular complexity index is 293. The summed E-state index contributed by atoms with van der Waals surface area (Å²) in [6.45, 7) is 2.78. The van der Waals surface area contributed by atoms with Crippen LogP contribution >= 0.6 is 23.2 Å². The summed E-state index contributed by atoms with van der Waals surface area (Å²) in [5.74, 6) is 0. The zero-order valence-corrected chi connectivity index (χ0v) is 10.6. The number of hydrogen-bond donors (Lipinski definition) is 1. The molecule has 0 aliphatic rings. The lowest BCUT2D eigenvalue weighted by Gasteiger charge is -2.10. The Balaban J connectivity index is 2.37. The average Bonchev–Trinajstić information content (AvgIpc) is 2.10. The minimum Gasteiger partial charge on any atom is -0.311 e. The summed E-state index contributed by atoms with van der Waals surface area (Å²) in [6, 6.07) is 5.60. The van der Waals surface area contributed by atoms with Gasteiger partial charge in [-0.2, -0.15) is 0 Å². The van der Waals surface area contributed by atoms with E-state index in [1.54, 1.807) is 6.07 Å². The van der Waals surface area contributed by atoms with Gasteiger partial charge in [0.25, 0.3) is 0 Å². The third-order valence-electron chi connectivity index (χ3n) is 1.99. The lowest BCUT2D eigenvalue weighted by atomic mass is 10.2. The molecule has 0 saturated heterocycles. The Morgan fingerprint density at radius 3 is 2.27 bits per heavy atom. The zero-order valence-electron chi connectivity index (χ0n) is 9.06. The predicted molar refractivity (Wildman–Crippen MR) is 66.7 cm³/mol. The molecule has 0 heterocycles. The van der Waals surface area contributed by atoms with E-state index in [9.17, 15) is 0 Å². The van der Waals surface area contributed by atoms with Gasteiger partial charge in [-0.05, 0) is 37.9 Å². The van der Waals surface area contributed by atoms with Gasteiger partial charge in [0.2, 0.25) is 0 Å². The van der Waals surface area contributed by atoms with Crippen molar-refractivity contribution in [2.24, 2.45) is 0 Å². The minimum absolute atomic E-state index is 0.687. The lowest BCUT2D eigenvalue weighted by Crippen LogP contribution is -2.26. The summed E-state index contributed by atoms with van der Waals surface area (Å²) in [6.07, 6.45) is 0. The first-order valence-electron chi connectivity index (χ1n) is 4.88. The topological polar surface area (TPSA) is 15.3 Å². The molecule has 0 fully saturated rings. The van der Waals surface area contributed by atoms with E-state index >= 15 is 0 Å². The molecular formula is C11H16Cl2N2. The van der Waals surface area contributed by atoms with Gasteiger partial charge in [0.1, 0.15) is 0 Å². The molecule has 0 atom stereocenters. The van der Waals surface area contributed by atoms with E-state index in [-0.39, 0.29) is 0 Å². The van der Waals surface area contributed by atoms with Crippen LogP contribution in [0.15, 0.2) is 18.2 Å². The van der Waals surface area contributed by atoms with Gasteiger partial charge in [-0.25, -0.2) is 0 Å². The molecular weight excluding hydrogens is 231 g/mol. The van der Waals surface area contributed by atoms with Crippen LogP contribution in [-0.2, 0) is 6.54 Å². The number of nitrogens with one attached hydrogen (secondary N) is 1. The Kier molecular flexibility index (Phi) is 5.40. The quantitative estimate of drug-likeness (QED) is 0.804. The second-order valence-corrected chi connectivity index (χ2v) is 4.63. The first kappa shape index (κ1) is 12.8. The van der Waals surface area contributed by atoms with Crippen LogP contribution in [0.1, 0.15) is 5.56 Å². The van der Waals surface area contributed by atoms with Gasteiger partial charge in [0, 0.05) is 29.7 Å². The smallest absolute Gasteiger partial charge is 0.0424 e. The fourth-order valence-corrected chi connectivity index (χ4v) is 1.82. The van der Waals surface area contributed by atoms with E-state index < -0.39 is 0 Å². The molecule has 15 heavy (non-hydrogen) atoms. The Morgan fingerprint density at radius 1 is 1.13 bits per heavy atom. The van der Waals surface area contributed by atoms with Crippen molar-refractivity contribution in [2.75, 3.05) is 27.2 Å². The van der Waals surface area contributed by atoms with Gasteiger partial charge < -0.3 is 10.2 Å². The number of hydrogen-bond acceptors (Lipinski definition) is 2. The molecule has 1 rings (SSSR count). The molecule has 0 unspecified atom stereocenters. The number of benzene rings is 1. The van der Waals surface area contributed by atoms with Crippen LogP contribution in [-0.4, -0.2) is 32.1 Å². The van der Waals surface area contributed by atoms with Crippen LogP contribution in [0.5, 0.6) is 0 Å². The molecule has 84 valence electrons. The van der Waals surface area contributed by atoms with E-state index in [4.69, 9.17) is 23.2 Å². The zero-order chi connectivity index (χ0) is 11.3. The van der Waals surface area contributed by atoms with Gasteiger partial charge in [0.15, 0.2) is 0 Å². The van der Waals surface area contributed by atoms with Gasteiger partial charge in [0.05, 0.1) is 0 Å². The third-order valence-corrected chi connectivity index (χ3v) is 2.42. The fourth-order valence-electron chi connectivity index (χ4n) is 1.25. The van der Waals surface area contributed by atoms with Gasteiger partial charge in [-0.3, -0.25) is 0 Å². The van der Waals surface area contributed by atoms with Gasteiger partial charge in [-0.15, -0.1) is 0 Å². The molecule has 4 heteroatoms. The molecule has 0 aliphatic carbocycles. The molecule has 1 aromatic carbocycles. The van der Waals surface area contributed by atoms with Crippen molar-refractivity contribution in [1.29, 1.82) is 0 Å². The van der Waals surface area contributed by atoms with Crippen LogP contribution in [0.25, 0.3) is 0 Å². The van der Waals surface area contributed by atoms with E-state index in [0.29, 0.717) is 10.0 Å². The molecule has 0 bridgehead atoms. The number of nitrogens with zero attached hydrogens (tertiary/aromatic N) is 1. The minimum atomic E-state index is 0.687. The molecule has 0 saturated carbocycles. The maximum Gasteiger partial charge on any atom is 0.0424 e.